The number of aliphatic imine (C=N–C) groups is 1. The lowest BCUT2D eigenvalue weighted by Gasteiger charge is -2.23. The van der Waals surface area contributed by atoms with Crippen molar-refractivity contribution in [1.82, 2.24) is 25.0 Å². The van der Waals surface area contributed by atoms with Gasteiger partial charge in [0.2, 0.25) is 5.95 Å². The van der Waals surface area contributed by atoms with Crippen molar-refractivity contribution in [2.45, 2.75) is 32.2 Å². The first-order valence-corrected chi connectivity index (χ1v) is 14.1. The summed E-state index contributed by atoms with van der Waals surface area (Å²) in [6, 6.07) is 21.5. The summed E-state index contributed by atoms with van der Waals surface area (Å²) in [5.41, 5.74) is 17.4. The molecule has 2 heterocycles. The van der Waals surface area contributed by atoms with Gasteiger partial charge in [-0.2, -0.15) is 9.97 Å². The number of amides is 1. The van der Waals surface area contributed by atoms with Crippen LogP contribution in [0.4, 0.5) is 17.6 Å². The molecule has 0 fully saturated rings. The molecule has 0 bridgehead atoms. The van der Waals surface area contributed by atoms with E-state index in [-0.39, 0.29) is 17.3 Å². The molecule has 44 heavy (non-hydrogen) atoms. The van der Waals surface area contributed by atoms with E-state index in [1.165, 1.54) is 0 Å². The third-order valence-corrected chi connectivity index (χ3v) is 7.31. The minimum atomic E-state index is -0.574. The van der Waals surface area contributed by atoms with Crippen LogP contribution in [0.2, 0.25) is 0 Å². The van der Waals surface area contributed by atoms with Crippen molar-refractivity contribution < 1.29 is 10.0 Å². The molecule has 7 N–H and O–H groups in total. The van der Waals surface area contributed by atoms with Gasteiger partial charge in [-0.3, -0.25) is 24.4 Å². The zero-order chi connectivity index (χ0) is 31.2. The normalized spacial score (nSPS) is 12.0. The summed E-state index contributed by atoms with van der Waals surface area (Å²) in [4.78, 5) is 43.7. The number of nitrogens with zero attached hydrogens (tertiary/aromatic N) is 5. The molecule has 0 saturated heterocycles. The van der Waals surface area contributed by atoms with E-state index < -0.39 is 11.9 Å². The molecule has 2 aromatic heterocycles. The van der Waals surface area contributed by atoms with Crippen molar-refractivity contribution in [2.75, 3.05) is 23.8 Å². The highest BCUT2D eigenvalue weighted by molar-refractivity contribution is 5.93. The summed E-state index contributed by atoms with van der Waals surface area (Å²) in [6.45, 7) is 1.98. The van der Waals surface area contributed by atoms with E-state index in [0.717, 1.165) is 11.1 Å². The van der Waals surface area contributed by atoms with Gasteiger partial charge < -0.3 is 16.8 Å². The first-order valence-electron chi connectivity index (χ1n) is 14.1. The number of para-hydroxylation sites is 1. The Hall–Kier alpha value is -5.62. The van der Waals surface area contributed by atoms with Crippen LogP contribution in [-0.4, -0.2) is 43.9 Å². The molecule has 0 spiro atoms. The van der Waals surface area contributed by atoms with Crippen molar-refractivity contribution in [3.8, 4) is 5.69 Å². The average molecular weight is 592 g/mol. The van der Waals surface area contributed by atoms with Crippen LogP contribution >= 0.6 is 0 Å². The molecule has 0 aliphatic rings. The standard InChI is InChI=1S/C32H33N9O3/c1-3-24(36-28-23(18-35-2)27(33)38-32(34)39-28)29-37-25-11-7-8-20(15-12-19-13-16-21(17-14-19)30(42)40-44)26(25)31(43)41(29)22-9-5-4-6-10-22/h4-11,13-14,16-18,24,44H,3,12,15H2,1-2H3,(H,40,42)(H5,33,34,36,38,39)/t24-/m0/s1. The van der Waals surface area contributed by atoms with Gasteiger partial charge in [0.05, 0.1) is 28.2 Å². The highest BCUT2D eigenvalue weighted by atomic mass is 16.5. The molecular weight excluding hydrogens is 558 g/mol. The first-order chi connectivity index (χ1) is 21.3. The summed E-state index contributed by atoms with van der Waals surface area (Å²) >= 11 is 0. The summed E-state index contributed by atoms with van der Waals surface area (Å²) < 4.78 is 1.64. The number of aryl methyl sites for hydroxylation is 2. The number of carbonyl (C=O) groups excluding carboxylic acids is 1. The van der Waals surface area contributed by atoms with E-state index in [1.807, 2.05) is 67.6 Å². The number of aromatic nitrogens is 4. The third kappa shape index (κ3) is 6.10. The number of carbonyl (C=O) groups is 1. The van der Waals surface area contributed by atoms with Crippen LogP contribution in [0, 0.1) is 0 Å². The molecule has 1 atom stereocenters. The van der Waals surface area contributed by atoms with Crippen LogP contribution in [0.3, 0.4) is 0 Å². The van der Waals surface area contributed by atoms with Gasteiger partial charge in [-0.15, -0.1) is 0 Å². The number of fused-ring (bicyclic) bond motifs is 1. The number of nitrogens with two attached hydrogens (primary N) is 2. The van der Waals surface area contributed by atoms with Gasteiger partial charge in [0.15, 0.2) is 0 Å². The maximum absolute atomic E-state index is 14.4. The van der Waals surface area contributed by atoms with E-state index in [2.05, 4.69) is 20.3 Å². The number of nitrogens with one attached hydrogen (secondary N) is 2. The Morgan fingerprint density at radius 2 is 1.75 bits per heavy atom. The quantitative estimate of drug-likeness (QED) is 0.0913. The van der Waals surface area contributed by atoms with E-state index >= 15 is 0 Å². The SMILES string of the molecule is CC[C@H](Nc1nc(N)nc(N)c1C=NC)c1nc2cccc(CCc3ccc(C(=O)NO)cc3)c2c(=O)n1-c1ccccc1. The van der Waals surface area contributed by atoms with E-state index in [1.54, 1.807) is 35.4 Å². The predicted octanol–water partition coefficient (Wildman–Crippen LogP) is 3.86. The molecule has 12 heteroatoms. The Bertz CT molecular complexity index is 1890. The molecular formula is C32H33N9O3. The van der Waals surface area contributed by atoms with Gasteiger partial charge >= 0.3 is 0 Å². The van der Waals surface area contributed by atoms with Gasteiger partial charge in [-0.1, -0.05) is 49.4 Å². The van der Waals surface area contributed by atoms with Gasteiger partial charge in [0, 0.05) is 18.8 Å². The van der Waals surface area contributed by atoms with E-state index in [4.69, 9.17) is 21.7 Å². The number of anilines is 3. The fourth-order valence-electron chi connectivity index (χ4n) is 5.14. The second-order valence-electron chi connectivity index (χ2n) is 10.1. The number of rotatable bonds is 10. The highest BCUT2D eigenvalue weighted by Crippen LogP contribution is 2.28. The average Bonchev–Trinajstić information content (AvgIpc) is 3.04. The van der Waals surface area contributed by atoms with E-state index in [9.17, 15) is 9.59 Å². The van der Waals surface area contributed by atoms with Crippen molar-refractivity contribution >= 4 is 40.6 Å². The van der Waals surface area contributed by atoms with Crippen molar-refractivity contribution in [3.63, 3.8) is 0 Å². The minimum absolute atomic E-state index is 0.0102. The van der Waals surface area contributed by atoms with Gasteiger partial charge in [-0.25, -0.2) is 10.5 Å². The lowest BCUT2D eigenvalue weighted by molar-refractivity contribution is 0.0706. The van der Waals surface area contributed by atoms with Crippen LogP contribution in [0.25, 0.3) is 16.6 Å². The Labute approximate surface area is 253 Å². The lowest BCUT2D eigenvalue weighted by Crippen LogP contribution is -2.29. The summed E-state index contributed by atoms with van der Waals surface area (Å²) in [5.74, 6) is 0.508. The lowest BCUT2D eigenvalue weighted by atomic mass is 10.00. The number of benzene rings is 3. The summed E-state index contributed by atoms with van der Waals surface area (Å²) in [5, 5.41) is 12.8. The minimum Gasteiger partial charge on any atom is -0.383 e. The van der Waals surface area contributed by atoms with Crippen LogP contribution in [0.15, 0.2) is 82.6 Å². The van der Waals surface area contributed by atoms with Gasteiger partial charge in [-0.05, 0) is 60.7 Å². The smallest absolute Gasteiger partial charge is 0.274 e. The monoisotopic (exact) mass is 591 g/mol. The number of hydrogen-bond donors (Lipinski definition) is 5. The molecule has 0 aliphatic heterocycles. The zero-order valence-corrected chi connectivity index (χ0v) is 24.4. The fourth-order valence-corrected chi connectivity index (χ4v) is 5.14. The molecule has 1 amide bonds. The maximum atomic E-state index is 14.4. The molecule has 3 aromatic carbocycles. The Balaban J connectivity index is 1.60. The van der Waals surface area contributed by atoms with Crippen LogP contribution in [0.5, 0.6) is 0 Å². The molecule has 0 radical (unpaired) electrons. The molecule has 5 aromatic rings. The Morgan fingerprint density at radius 1 is 1.00 bits per heavy atom. The maximum Gasteiger partial charge on any atom is 0.274 e. The van der Waals surface area contributed by atoms with Gasteiger partial charge in [0.1, 0.15) is 17.5 Å². The Kier molecular flexibility index (Phi) is 8.91. The molecule has 5 rings (SSSR count). The molecule has 0 saturated carbocycles. The number of nitrogen functional groups attached to an aromatic ring is 2. The van der Waals surface area contributed by atoms with Crippen LogP contribution < -0.4 is 27.8 Å². The fraction of sp³-hybridized carbons (Fsp3) is 0.188. The first kappa shape index (κ1) is 29.9. The van der Waals surface area contributed by atoms with Crippen molar-refractivity contribution in [3.05, 3.63) is 111 Å². The third-order valence-electron chi connectivity index (χ3n) is 7.31. The Morgan fingerprint density at radius 3 is 2.43 bits per heavy atom. The van der Waals surface area contributed by atoms with Crippen LogP contribution in [0.1, 0.15) is 52.3 Å². The summed E-state index contributed by atoms with van der Waals surface area (Å²) in [6.07, 6.45) is 3.32. The largest absolute Gasteiger partial charge is 0.383 e. The second-order valence-corrected chi connectivity index (χ2v) is 10.1. The van der Waals surface area contributed by atoms with Gasteiger partial charge in [0.25, 0.3) is 11.5 Å². The number of hydrogen-bond acceptors (Lipinski definition) is 10. The molecule has 0 unspecified atom stereocenters. The predicted molar refractivity (Wildman–Crippen MR) is 171 cm³/mol. The molecule has 12 nitrogen and oxygen atoms in total. The van der Waals surface area contributed by atoms with Crippen molar-refractivity contribution in [1.29, 1.82) is 0 Å². The molecule has 224 valence electrons. The zero-order valence-electron chi connectivity index (χ0n) is 24.4. The molecule has 0 aliphatic carbocycles. The number of hydroxylamine groups is 1. The highest BCUT2D eigenvalue weighted by Gasteiger charge is 2.23. The van der Waals surface area contributed by atoms with E-state index in [0.29, 0.717) is 58.6 Å². The topological polar surface area (TPSA) is 186 Å². The van der Waals surface area contributed by atoms with Crippen molar-refractivity contribution in [2.24, 2.45) is 4.99 Å². The second kappa shape index (κ2) is 13.1. The summed E-state index contributed by atoms with van der Waals surface area (Å²) in [7, 11) is 1.62. The van der Waals surface area contributed by atoms with Crippen LogP contribution in [-0.2, 0) is 12.8 Å².